The second kappa shape index (κ2) is 24.1. The molecule has 12 nitrogen and oxygen atoms in total. The zero-order valence-corrected chi connectivity index (χ0v) is 30.5. The zero-order valence-electron chi connectivity index (χ0n) is 29.8. The fraction of sp³-hybridized carbons (Fsp3) is 0.263. The third-order valence-electron chi connectivity index (χ3n) is 6.17. The average Bonchev–Trinajstić information content (AvgIpc) is 3.07. The molecule has 1 amide bonds. The van der Waals surface area contributed by atoms with E-state index < -0.39 is 16.2 Å². The maximum Gasteiger partial charge on any atom is 0.307 e. The van der Waals surface area contributed by atoms with Crippen LogP contribution in [0.2, 0.25) is 0 Å². The standard InChI is InChI=1S/C20H26N2O.C15H14O3.C3H7NO.ClHO4/c1-21(2)14-19(15-22(3)4)18-10-12-20(13-11-18)23-16-17-8-6-5-7-9-17;16-15(17)10-12-6-8-14(9-7-12)18-11-13-4-2-1-3-5-13;1-4(2)3-5;2-1(3,4)5/h5-15,19H,16H2,1-4H3;1-9H,10-11H2,(H,16,17);3H,1-2H3;(H,2,3,4,5)/q+2;;;/p-1. The molecule has 0 radical (unpaired) electrons. The number of aliphatic carboxylic acids is 1. The van der Waals surface area contributed by atoms with Gasteiger partial charge in [0.05, 0.1) is 6.42 Å². The molecule has 4 rings (SSSR count). The van der Waals surface area contributed by atoms with Gasteiger partial charge in [-0.25, -0.2) is 27.8 Å². The van der Waals surface area contributed by atoms with Crippen LogP contribution >= 0.6 is 0 Å². The fourth-order valence-corrected chi connectivity index (χ4v) is 4.00. The average molecular weight is 725 g/mol. The lowest BCUT2D eigenvalue weighted by molar-refractivity contribution is -2.00. The van der Waals surface area contributed by atoms with Crippen LogP contribution in [-0.4, -0.2) is 86.3 Å². The molecule has 0 aliphatic heterocycles. The van der Waals surface area contributed by atoms with E-state index in [2.05, 4.69) is 45.8 Å². The van der Waals surface area contributed by atoms with E-state index in [4.69, 9.17) is 33.2 Å². The number of carboxylic acid groups (broad SMARTS) is 1. The third-order valence-corrected chi connectivity index (χ3v) is 6.17. The van der Waals surface area contributed by atoms with Gasteiger partial charge in [-0.2, -0.15) is 0 Å². The highest BCUT2D eigenvalue weighted by molar-refractivity contribution is 5.86. The SMILES string of the molecule is CN(C)C=O.C[N+](C)=CC(C=[N+](C)C)c1ccc(OCc2ccccc2)cc1.O=C(O)Cc1ccc(OCc2ccccc2)cc1.[O-][Cl+3]([O-])([O-])[O-]. The first kappa shape index (κ1) is 43.9. The predicted octanol–water partition coefficient (Wildman–Crippen LogP) is 0.876. The number of carbonyl (C=O) groups excluding carboxylic acids is 1. The fourth-order valence-electron chi connectivity index (χ4n) is 4.00. The molecule has 0 saturated carbocycles. The number of amides is 1. The highest BCUT2D eigenvalue weighted by atomic mass is 35.7. The van der Waals surface area contributed by atoms with Gasteiger partial charge in [0.1, 0.15) is 58.8 Å². The Hall–Kier alpha value is -5.11. The van der Waals surface area contributed by atoms with Gasteiger partial charge in [0.2, 0.25) is 6.41 Å². The highest BCUT2D eigenvalue weighted by Crippen LogP contribution is 2.19. The molecule has 13 heteroatoms. The highest BCUT2D eigenvalue weighted by Gasteiger charge is 2.14. The van der Waals surface area contributed by atoms with Crippen LogP contribution in [-0.2, 0) is 29.2 Å². The van der Waals surface area contributed by atoms with Gasteiger partial charge in [0.15, 0.2) is 12.4 Å². The van der Waals surface area contributed by atoms with Crippen LogP contribution in [0, 0.1) is 10.2 Å². The first-order chi connectivity index (χ1) is 24.0. The molecule has 0 bridgehead atoms. The first-order valence-electron chi connectivity index (χ1n) is 15.6. The summed E-state index contributed by atoms with van der Waals surface area (Å²) in [5.74, 6) is 1.06. The van der Waals surface area contributed by atoms with Crippen LogP contribution < -0.4 is 28.1 Å². The Balaban J connectivity index is 0.000000410. The lowest BCUT2D eigenvalue weighted by atomic mass is 10.0. The molecule has 0 atom stereocenters. The summed E-state index contributed by atoms with van der Waals surface area (Å²) in [6, 6.07) is 35.6. The summed E-state index contributed by atoms with van der Waals surface area (Å²) >= 11 is 0. The van der Waals surface area contributed by atoms with E-state index in [-0.39, 0.29) is 12.3 Å². The molecular weight excluding hydrogens is 678 g/mol. The number of carboxylic acids is 1. The molecule has 0 aliphatic rings. The topological polar surface area (TPSA) is 174 Å². The summed E-state index contributed by atoms with van der Waals surface area (Å²) in [5.41, 5.74) is 4.30. The van der Waals surface area contributed by atoms with Crippen molar-refractivity contribution in [2.45, 2.75) is 25.6 Å². The molecule has 0 unspecified atom stereocenters. The minimum atomic E-state index is -4.94. The molecule has 0 aromatic heterocycles. The second-order valence-electron chi connectivity index (χ2n) is 11.5. The molecule has 0 fully saturated rings. The molecule has 4 aromatic rings. The van der Waals surface area contributed by atoms with Crippen LogP contribution in [0.3, 0.4) is 0 Å². The second-order valence-corrected chi connectivity index (χ2v) is 12.3. The molecule has 1 N–H and O–H groups in total. The Labute approximate surface area is 302 Å². The lowest BCUT2D eigenvalue weighted by Gasteiger charge is -2.17. The summed E-state index contributed by atoms with van der Waals surface area (Å²) in [4.78, 5) is 21.4. The molecule has 0 saturated heterocycles. The lowest BCUT2D eigenvalue weighted by Crippen LogP contribution is -2.68. The van der Waals surface area contributed by atoms with Crippen molar-refractivity contribution in [2.75, 3.05) is 42.3 Å². The zero-order chi connectivity index (χ0) is 38.2. The van der Waals surface area contributed by atoms with Crippen molar-refractivity contribution in [3.63, 3.8) is 0 Å². The van der Waals surface area contributed by atoms with Gasteiger partial charge in [-0.3, -0.25) is 9.59 Å². The molecule has 4 aromatic carbocycles. The van der Waals surface area contributed by atoms with Crippen LogP contribution in [0.15, 0.2) is 109 Å². The molecule has 274 valence electrons. The monoisotopic (exact) mass is 724 g/mol. The van der Waals surface area contributed by atoms with Gasteiger partial charge in [-0.15, -0.1) is 10.2 Å². The number of rotatable bonds is 12. The van der Waals surface area contributed by atoms with Crippen LogP contribution in [0.1, 0.15) is 28.2 Å². The Morgan fingerprint density at radius 1 is 0.686 bits per heavy atom. The Morgan fingerprint density at radius 2 is 1.04 bits per heavy atom. The van der Waals surface area contributed by atoms with Crippen LogP contribution in [0.25, 0.3) is 0 Å². The normalized spacial score (nSPS) is 10.0. The predicted molar refractivity (Wildman–Crippen MR) is 185 cm³/mol. The summed E-state index contributed by atoms with van der Waals surface area (Å²) in [7, 11) is 6.63. The largest absolute Gasteiger partial charge is 0.489 e. The van der Waals surface area contributed by atoms with E-state index in [9.17, 15) is 9.59 Å². The third kappa shape index (κ3) is 23.8. The number of nitrogens with zero attached hydrogens (tertiary/aromatic N) is 3. The molecular formula is C38H47ClN3O9+. The van der Waals surface area contributed by atoms with Crippen LogP contribution in [0.5, 0.6) is 11.5 Å². The minimum absolute atomic E-state index is 0.0406. The number of halogens is 1. The van der Waals surface area contributed by atoms with Crippen molar-refractivity contribution in [2.24, 2.45) is 0 Å². The van der Waals surface area contributed by atoms with Crippen molar-refractivity contribution < 1.29 is 62.2 Å². The maximum absolute atomic E-state index is 10.5. The minimum Gasteiger partial charge on any atom is -0.489 e. The number of hydrogen-bond acceptors (Lipinski definition) is 8. The first-order valence-corrected chi connectivity index (χ1v) is 16.8. The number of hydrogen-bond donors (Lipinski definition) is 1. The maximum atomic E-state index is 10.5. The van der Waals surface area contributed by atoms with E-state index in [1.807, 2.05) is 88.9 Å². The Bertz CT molecular complexity index is 1580. The molecule has 0 spiro atoms. The van der Waals surface area contributed by atoms with E-state index in [1.165, 1.54) is 16.0 Å². The Morgan fingerprint density at radius 3 is 1.35 bits per heavy atom. The molecule has 0 aliphatic carbocycles. The van der Waals surface area contributed by atoms with Crippen molar-refractivity contribution in [1.82, 2.24) is 4.90 Å². The van der Waals surface area contributed by atoms with Crippen molar-refractivity contribution >= 4 is 24.8 Å². The van der Waals surface area contributed by atoms with Gasteiger partial charge in [0, 0.05) is 14.1 Å². The number of carbonyl (C=O) groups is 2. The molecule has 0 heterocycles. The van der Waals surface area contributed by atoms with Crippen molar-refractivity contribution in [3.05, 3.63) is 131 Å². The summed E-state index contributed by atoms with van der Waals surface area (Å²) in [5, 5.41) is 8.66. The van der Waals surface area contributed by atoms with E-state index in [0.717, 1.165) is 29.0 Å². The Kier molecular flexibility index (Phi) is 20.8. The number of benzene rings is 4. The van der Waals surface area contributed by atoms with E-state index in [0.29, 0.717) is 13.2 Å². The number of ether oxygens (including phenoxy) is 2. The smallest absolute Gasteiger partial charge is 0.307 e. The summed E-state index contributed by atoms with van der Waals surface area (Å²) < 4.78 is 49.6. The van der Waals surface area contributed by atoms with Gasteiger partial charge in [-0.05, 0) is 46.5 Å². The molecule has 51 heavy (non-hydrogen) atoms. The van der Waals surface area contributed by atoms with E-state index in [1.54, 1.807) is 38.4 Å². The van der Waals surface area contributed by atoms with Gasteiger partial charge < -0.3 is 19.5 Å². The van der Waals surface area contributed by atoms with Gasteiger partial charge >= 0.3 is 5.97 Å². The van der Waals surface area contributed by atoms with Gasteiger partial charge in [-0.1, -0.05) is 84.9 Å². The quantitative estimate of drug-likeness (QED) is 0.126. The van der Waals surface area contributed by atoms with Crippen LogP contribution in [0.4, 0.5) is 0 Å². The summed E-state index contributed by atoms with van der Waals surface area (Å²) in [6.45, 7) is 1.11. The summed E-state index contributed by atoms with van der Waals surface area (Å²) in [6.07, 6.45) is 5.18. The van der Waals surface area contributed by atoms with Crippen molar-refractivity contribution in [3.8, 4) is 11.5 Å². The van der Waals surface area contributed by atoms with Gasteiger partial charge in [0.25, 0.3) is 0 Å². The van der Waals surface area contributed by atoms with Crippen molar-refractivity contribution in [1.29, 1.82) is 0 Å². The van der Waals surface area contributed by atoms with E-state index >= 15 is 0 Å².